The Bertz CT molecular complexity index is 509. The third-order valence-corrected chi connectivity index (χ3v) is 4.42. The molecule has 2 atom stereocenters. The monoisotopic (exact) mass is 279 g/mol. The summed E-state index contributed by atoms with van der Waals surface area (Å²) in [5, 5.41) is 3.89. The van der Waals surface area contributed by atoms with Crippen molar-refractivity contribution in [2.45, 2.75) is 44.2 Å². The number of aryl methyl sites for hydroxylation is 1. The molecule has 1 fully saturated rings. The minimum absolute atomic E-state index is 0.0119. The van der Waals surface area contributed by atoms with Gasteiger partial charge in [-0.3, -0.25) is 4.79 Å². The van der Waals surface area contributed by atoms with Crippen LogP contribution in [0, 0.1) is 0 Å². The summed E-state index contributed by atoms with van der Waals surface area (Å²) in [5.41, 5.74) is 1.80. The summed E-state index contributed by atoms with van der Waals surface area (Å²) in [4.78, 5) is 12.3. The maximum absolute atomic E-state index is 12.3. The zero-order chi connectivity index (χ0) is 13.5. The van der Waals surface area contributed by atoms with Gasteiger partial charge in [0.15, 0.2) is 0 Å². The minimum Gasteiger partial charge on any atom is -0.365 e. The zero-order valence-electron chi connectivity index (χ0n) is 11.0. The fraction of sp³-hybridized carbons (Fsp3) is 0.533. The Morgan fingerprint density at radius 1 is 1.53 bits per heavy atom. The number of fused-ring (bicyclic) bond motifs is 1. The molecule has 0 radical (unpaired) electrons. The molecule has 1 heterocycles. The SMILES string of the molecule is C[C@]1(C(=O)N[C@@H]2CCc3cc(Cl)ccc32)CCCO1. The van der Waals surface area contributed by atoms with E-state index in [-0.39, 0.29) is 11.9 Å². The van der Waals surface area contributed by atoms with Crippen LogP contribution in [0.25, 0.3) is 0 Å². The number of hydrogen-bond donors (Lipinski definition) is 1. The van der Waals surface area contributed by atoms with Crippen LogP contribution in [0.4, 0.5) is 0 Å². The molecule has 1 aliphatic carbocycles. The zero-order valence-corrected chi connectivity index (χ0v) is 11.8. The van der Waals surface area contributed by atoms with Gasteiger partial charge in [0, 0.05) is 11.6 Å². The summed E-state index contributed by atoms with van der Waals surface area (Å²) in [6.45, 7) is 2.56. The molecule has 1 aromatic carbocycles. The minimum atomic E-state index is -0.644. The molecule has 1 saturated heterocycles. The van der Waals surface area contributed by atoms with Crippen molar-refractivity contribution in [1.82, 2.24) is 5.32 Å². The van der Waals surface area contributed by atoms with Gasteiger partial charge >= 0.3 is 0 Å². The summed E-state index contributed by atoms with van der Waals surface area (Å²) >= 11 is 6.00. The third kappa shape index (κ3) is 2.37. The highest BCUT2D eigenvalue weighted by molar-refractivity contribution is 6.30. The van der Waals surface area contributed by atoms with Gasteiger partial charge in [0.05, 0.1) is 6.04 Å². The van der Waals surface area contributed by atoms with Gasteiger partial charge in [-0.2, -0.15) is 0 Å². The Kier molecular flexibility index (Phi) is 3.27. The van der Waals surface area contributed by atoms with Crippen LogP contribution in [0.2, 0.25) is 5.02 Å². The van der Waals surface area contributed by atoms with Crippen molar-refractivity contribution < 1.29 is 9.53 Å². The molecule has 4 heteroatoms. The number of hydrogen-bond acceptors (Lipinski definition) is 2. The van der Waals surface area contributed by atoms with Crippen molar-refractivity contribution in [3.8, 4) is 0 Å². The van der Waals surface area contributed by atoms with Crippen LogP contribution in [-0.4, -0.2) is 18.1 Å². The molecule has 3 rings (SSSR count). The first-order valence-corrected chi connectivity index (χ1v) is 7.19. The number of amides is 1. The molecule has 0 aromatic heterocycles. The highest BCUT2D eigenvalue weighted by Crippen LogP contribution is 2.34. The van der Waals surface area contributed by atoms with Crippen LogP contribution >= 0.6 is 11.6 Å². The Hall–Kier alpha value is -1.06. The third-order valence-electron chi connectivity index (χ3n) is 4.19. The van der Waals surface area contributed by atoms with Crippen molar-refractivity contribution >= 4 is 17.5 Å². The predicted molar refractivity (Wildman–Crippen MR) is 74.2 cm³/mol. The van der Waals surface area contributed by atoms with Gasteiger partial charge in [0.1, 0.15) is 5.60 Å². The van der Waals surface area contributed by atoms with Gasteiger partial charge in [0.25, 0.3) is 5.91 Å². The second-order valence-corrected chi connectivity index (χ2v) is 6.03. The average molecular weight is 280 g/mol. The lowest BCUT2D eigenvalue weighted by atomic mass is 10.0. The fourth-order valence-electron chi connectivity index (χ4n) is 3.01. The number of carbonyl (C=O) groups is 1. The largest absolute Gasteiger partial charge is 0.365 e. The fourth-order valence-corrected chi connectivity index (χ4v) is 3.20. The van der Waals surface area contributed by atoms with Crippen LogP contribution in [0.1, 0.15) is 43.4 Å². The topological polar surface area (TPSA) is 38.3 Å². The highest BCUT2D eigenvalue weighted by atomic mass is 35.5. The lowest BCUT2D eigenvalue weighted by Crippen LogP contribution is -2.45. The number of halogens is 1. The van der Waals surface area contributed by atoms with E-state index in [1.807, 2.05) is 25.1 Å². The molecule has 0 bridgehead atoms. The van der Waals surface area contributed by atoms with Gasteiger partial charge in [-0.25, -0.2) is 0 Å². The lowest BCUT2D eigenvalue weighted by molar-refractivity contribution is -0.140. The standard InChI is InChI=1S/C15H18ClNO2/c1-15(7-2-8-19-15)14(18)17-13-6-3-10-9-11(16)4-5-12(10)13/h4-5,9,13H,2-3,6-8H2,1H3,(H,17,18)/t13-,15-/m1/s1. The second-order valence-electron chi connectivity index (χ2n) is 5.59. The number of ether oxygens (including phenoxy) is 1. The molecule has 3 nitrogen and oxygen atoms in total. The molecule has 0 saturated carbocycles. The van der Waals surface area contributed by atoms with Gasteiger partial charge in [-0.15, -0.1) is 0 Å². The van der Waals surface area contributed by atoms with Crippen molar-refractivity contribution in [3.63, 3.8) is 0 Å². The highest BCUT2D eigenvalue weighted by Gasteiger charge is 2.39. The molecular weight excluding hydrogens is 262 g/mol. The van der Waals surface area contributed by atoms with E-state index in [0.717, 1.165) is 30.7 Å². The Balaban J connectivity index is 1.74. The van der Waals surface area contributed by atoms with Crippen LogP contribution in [-0.2, 0) is 16.0 Å². The molecule has 0 spiro atoms. The summed E-state index contributed by atoms with van der Waals surface area (Å²) < 4.78 is 5.59. The molecule has 1 aliphatic heterocycles. The van der Waals surface area contributed by atoms with Crippen LogP contribution in [0.5, 0.6) is 0 Å². The van der Waals surface area contributed by atoms with E-state index >= 15 is 0 Å². The molecule has 1 amide bonds. The van der Waals surface area contributed by atoms with E-state index in [0.29, 0.717) is 6.61 Å². The van der Waals surface area contributed by atoms with Crippen LogP contribution < -0.4 is 5.32 Å². The molecule has 1 aromatic rings. The molecular formula is C15H18ClNO2. The first-order chi connectivity index (χ1) is 9.08. The maximum atomic E-state index is 12.3. The number of benzene rings is 1. The van der Waals surface area contributed by atoms with E-state index < -0.39 is 5.60 Å². The van der Waals surface area contributed by atoms with E-state index in [1.165, 1.54) is 11.1 Å². The molecule has 102 valence electrons. The molecule has 19 heavy (non-hydrogen) atoms. The number of nitrogens with one attached hydrogen (secondary N) is 1. The quantitative estimate of drug-likeness (QED) is 0.904. The predicted octanol–water partition coefficient (Wildman–Crippen LogP) is 3.01. The lowest BCUT2D eigenvalue weighted by Gasteiger charge is -2.25. The normalized spacial score (nSPS) is 29.3. The van der Waals surface area contributed by atoms with Crippen LogP contribution in [0.15, 0.2) is 18.2 Å². The number of rotatable bonds is 2. The van der Waals surface area contributed by atoms with Gasteiger partial charge in [-0.05, 0) is 55.9 Å². The van der Waals surface area contributed by atoms with Crippen LogP contribution in [0.3, 0.4) is 0 Å². The molecule has 2 aliphatic rings. The maximum Gasteiger partial charge on any atom is 0.252 e. The summed E-state index contributed by atoms with van der Waals surface area (Å²) in [6, 6.07) is 6.00. The molecule has 1 N–H and O–H groups in total. The summed E-state index contributed by atoms with van der Waals surface area (Å²) in [6.07, 6.45) is 3.68. The van der Waals surface area contributed by atoms with Gasteiger partial charge in [-0.1, -0.05) is 17.7 Å². The number of carbonyl (C=O) groups excluding carboxylic acids is 1. The van der Waals surface area contributed by atoms with Gasteiger partial charge in [0.2, 0.25) is 0 Å². The van der Waals surface area contributed by atoms with Gasteiger partial charge < -0.3 is 10.1 Å². The Morgan fingerprint density at radius 2 is 2.37 bits per heavy atom. The van der Waals surface area contributed by atoms with Crippen molar-refractivity contribution in [2.75, 3.05) is 6.61 Å². The van der Waals surface area contributed by atoms with E-state index in [2.05, 4.69) is 5.32 Å². The van der Waals surface area contributed by atoms with E-state index in [9.17, 15) is 4.79 Å². The summed E-state index contributed by atoms with van der Waals surface area (Å²) in [5.74, 6) is 0.0119. The van der Waals surface area contributed by atoms with E-state index in [4.69, 9.17) is 16.3 Å². The van der Waals surface area contributed by atoms with E-state index in [1.54, 1.807) is 0 Å². The first-order valence-electron chi connectivity index (χ1n) is 6.82. The van der Waals surface area contributed by atoms with Crippen molar-refractivity contribution in [2.24, 2.45) is 0 Å². The smallest absolute Gasteiger partial charge is 0.252 e. The first kappa shape index (κ1) is 12.9. The van der Waals surface area contributed by atoms with Crippen molar-refractivity contribution in [3.05, 3.63) is 34.3 Å². The Labute approximate surface area is 118 Å². The second kappa shape index (κ2) is 4.80. The molecule has 0 unspecified atom stereocenters. The Morgan fingerprint density at radius 3 is 3.11 bits per heavy atom. The summed E-state index contributed by atoms with van der Waals surface area (Å²) in [7, 11) is 0. The average Bonchev–Trinajstić information content (AvgIpc) is 2.97. The van der Waals surface area contributed by atoms with Crippen molar-refractivity contribution in [1.29, 1.82) is 0 Å².